The van der Waals surface area contributed by atoms with Gasteiger partial charge in [0.15, 0.2) is 0 Å². The Hall–Kier alpha value is -1.84. The number of carbonyl (C=O) groups is 2. The molecular formula is C18H26N2O2. The van der Waals surface area contributed by atoms with Gasteiger partial charge in [-0.2, -0.15) is 0 Å². The topological polar surface area (TPSA) is 49.4 Å². The lowest BCUT2D eigenvalue weighted by Crippen LogP contribution is -2.38. The van der Waals surface area contributed by atoms with Crippen LogP contribution in [0.15, 0.2) is 24.3 Å². The zero-order valence-electron chi connectivity index (χ0n) is 13.9. The molecule has 4 nitrogen and oxygen atoms in total. The molecular weight excluding hydrogens is 276 g/mol. The van der Waals surface area contributed by atoms with E-state index in [9.17, 15) is 9.59 Å². The molecule has 1 aliphatic heterocycles. The van der Waals surface area contributed by atoms with Crippen LogP contribution < -0.4 is 10.2 Å². The van der Waals surface area contributed by atoms with E-state index in [1.54, 1.807) is 4.90 Å². The minimum atomic E-state index is -0.246. The lowest BCUT2D eigenvalue weighted by molar-refractivity contribution is -0.126. The zero-order chi connectivity index (χ0) is 16.3. The summed E-state index contributed by atoms with van der Waals surface area (Å²) >= 11 is 0. The molecule has 0 aromatic heterocycles. The van der Waals surface area contributed by atoms with Crippen molar-refractivity contribution in [2.24, 2.45) is 5.92 Å². The van der Waals surface area contributed by atoms with Crippen molar-refractivity contribution in [1.82, 2.24) is 5.32 Å². The molecule has 0 saturated carbocycles. The third kappa shape index (κ3) is 3.67. The SMILES string of the molecule is CCC(C)NC(=O)C1CC(=O)N(c2cccc(C(C)C)c2)C1. The van der Waals surface area contributed by atoms with Crippen LogP contribution in [0.1, 0.15) is 52.0 Å². The molecule has 0 spiro atoms. The number of carbonyl (C=O) groups excluding carboxylic acids is 2. The van der Waals surface area contributed by atoms with Gasteiger partial charge in [-0.05, 0) is 37.0 Å². The Morgan fingerprint density at radius 1 is 1.36 bits per heavy atom. The Kier molecular flexibility index (Phi) is 5.22. The van der Waals surface area contributed by atoms with Crippen LogP contribution in [0, 0.1) is 5.92 Å². The average molecular weight is 302 g/mol. The number of nitrogens with zero attached hydrogens (tertiary/aromatic N) is 1. The van der Waals surface area contributed by atoms with Crippen molar-refractivity contribution >= 4 is 17.5 Å². The minimum absolute atomic E-state index is 0.00906. The summed E-state index contributed by atoms with van der Waals surface area (Å²) in [5.74, 6) is 0.196. The van der Waals surface area contributed by atoms with E-state index in [-0.39, 0.29) is 23.8 Å². The predicted octanol–water partition coefficient (Wildman–Crippen LogP) is 3.08. The number of amides is 2. The fourth-order valence-corrected chi connectivity index (χ4v) is 2.65. The monoisotopic (exact) mass is 302 g/mol. The van der Waals surface area contributed by atoms with E-state index in [0.717, 1.165) is 12.1 Å². The molecule has 1 aliphatic rings. The van der Waals surface area contributed by atoms with Gasteiger partial charge in [-0.15, -0.1) is 0 Å². The number of benzene rings is 1. The average Bonchev–Trinajstić information content (AvgIpc) is 2.89. The summed E-state index contributed by atoms with van der Waals surface area (Å²) in [6.07, 6.45) is 1.20. The molecule has 0 aliphatic carbocycles. The highest BCUT2D eigenvalue weighted by Crippen LogP contribution is 2.28. The third-order valence-electron chi connectivity index (χ3n) is 4.35. The normalized spacial score (nSPS) is 19.6. The first-order chi connectivity index (χ1) is 10.4. The number of hydrogen-bond donors (Lipinski definition) is 1. The Morgan fingerprint density at radius 3 is 2.73 bits per heavy atom. The van der Waals surface area contributed by atoms with Crippen LogP contribution in [0.2, 0.25) is 0 Å². The Bertz CT molecular complexity index is 554. The maximum Gasteiger partial charge on any atom is 0.227 e. The van der Waals surface area contributed by atoms with Gasteiger partial charge in [-0.1, -0.05) is 32.9 Å². The first-order valence-electron chi connectivity index (χ1n) is 8.13. The molecule has 2 amide bonds. The second-order valence-corrected chi connectivity index (χ2v) is 6.47. The van der Waals surface area contributed by atoms with Crippen molar-refractivity contribution in [2.45, 2.75) is 52.5 Å². The van der Waals surface area contributed by atoms with Gasteiger partial charge in [0, 0.05) is 24.7 Å². The van der Waals surface area contributed by atoms with Gasteiger partial charge in [-0.25, -0.2) is 0 Å². The Morgan fingerprint density at radius 2 is 2.09 bits per heavy atom. The summed E-state index contributed by atoms with van der Waals surface area (Å²) in [7, 11) is 0. The van der Waals surface area contributed by atoms with E-state index in [0.29, 0.717) is 18.9 Å². The summed E-state index contributed by atoms with van der Waals surface area (Å²) in [6.45, 7) is 8.76. The van der Waals surface area contributed by atoms with E-state index in [4.69, 9.17) is 0 Å². The number of rotatable bonds is 5. The number of hydrogen-bond acceptors (Lipinski definition) is 2. The van der Waals surface area contributed by atoms with Crippen LogP contribution in [0.25, 0.3) is 0 Å². The fraction of sp³-hybridized carbons (Fsp3) is 0.556. The quantitative estimate of drug-likeness (QED) is 0.908. The standard InChI is InChI=1S/C18H26N2O2/c1-5-13(4)19-18(22)15-10-17(21)20(11-15)16-8-6-7-14(9-16)12(2)3/h6-9,12-13,15H,5,10-11H2,1-4H3,(H,19,22). The maximum absolute atomic E-state index is 12.3. The summed E-state index contributed by atoms with van der Waals surface area (Å²) in [5, 5.41) is 2.98. The highest BCUT2D eigenvalue weighted by atomic mass is 16.2. The molecule has 1 N–H and O–H groups in total. The van der Waals surface area contributed by atoms with E-state index in [2.05, 4.69) is 31.3 Å². The van der Waals surface area contributed by atoms with Gasteiger partial charge < -0.3 is 10.2 Å². The van der Waals surface area contributed by atoms with Crippen molar-refractivity contribution in [3.8, 4) is 0 Å². The van der Waals surface area contributed by atoms with Gasteiger partial charge in [0.05, 0.1) is 5.92 Å². The molecule has 1 saturated heterocycles. The van der Waals surface area contributed by atoms with E-state index in [1.807, 2.05) is 26.0 Å². The molecule has 1 aromatic carbocycles. The second-order valence-electron chi connectivity index (χ2n) is 6.47. The fourth-order valence-electron chi connectivity index (χ4n) is 2.65. The van der Waals surface area contributed by atoms with Gasteiger partial charge in [-0.3, -0.25) is 9.59 Å². The highest BCUT2D eigenvalue weighted by Gasteiger charge is 2.35. The molecule has 0 bridgehead atoms. The van der Waals surface area contributed by atoms with E-state index in [1.165, 1.54) is 5.56 Å². The van der Waals surface area contributed by atoms with Crippen LogP contribution in [-0.2, 0) is 9.59 Å². The van der Waals surface area contributed by atoms with Crippen molar-refractivity contribution in [3.63, 3.8) is 0 Å². The van der Waals surface area contributed by atoms with Gasteiger partial charge in [0.1, 0.15) is 0 Å². The molecule has 22 heavy (non-hydrogen) atoms. The van der Waals surface area contributed by atoms with Crippen LogP contribution >= 0.6 is 0 Å². The molecule has 2 unspecified atom stereocenters. The maximum atomic E-state index is 12.3. The van der Waals surface area contributed by atoms with Crippen LogP contribution in [-0.4, -0.2) is 24.4 Å². The van der Waals surface area contributed by atoms with Crippen molar-refractivity contribution in [2.75, 3.05) is 11.4 Å². The van der Waals surface area contributed by atoms with Gasteiger partial charge in [0.2, 0.25) is 11.8 Å². The molecule has 1 fully saturated rings. The number of nitrogens with one attached hydrogen (secondary N) is 1. The predicted molar refractivity (Wildman–Crippen MR) is 88.9 cm³/mol. The first-order valence-corrected chi connectivity index (χ1v) is 8.13. The molecule has 120 valence electrons. The summed E-state index contributed by atoms with van der Waals surface area (Å²) in [5.41, 5.74) is 2.10. The summed E-state index contributed by atoms with van der Waals surface area (Å²) in [6, 6.07) is 8.20. The molecule has 4 heteroatoms. The molecule has 2 atom stereocenters. The van der Waals surface area contributed by atoms with Crippen LogP contribution in [0.3, 0.4) is 0 Å². The first kappa shape index (κ1) is 16.5. The summed E-state index contributed by atoms with van der Waals surface area (Å²) in [4.78, 5) is 26.2. The lowest BCUT2D eigenvalue weighted by Gasteiger charge is -2.19. The van der Waals surface area contributed by atoms with Gasteiger partial charge >= 0.3 is 0 Å². The van der Waals surface area contributed by atoms with E-state index >= 15 is 0 Å². The van der Waals surface area contributed by atoms with E-state index < -0.39 is 0 Å². The Labute approximate surface area is 132 Å². The zero-order valence-corrected chi connectivity index (χ0v) is 13.9. The van der Waals surface area contributed by atoms with Crippen LogP contribution in [0.5, 0.6) is 0 Å². The molecule has 2 rings (SSSR count). The smallest absolute Gasteiger partial charge is 0.227 e. The minimum Gasteiger partial charge on any atom is -0.353 e. The number of anilines is 1. The molecule has 0 radical (unpaired) electrons. The van der Waals surface area contributed by atoms with Gasteiger partial charge in [0.25, 0.3) is 0 Å². The van der Waals surface area contributed by atoms with Crippen molar-refractivity contribution in [3.05, 3.63) is 29.8 Å². The molecule has 1 heterocycles. The highest BCUT2D eigenvalue weighted by molar-refractivity contribution is 6.00. The second kappa shape index (κ2) is 6.95. The lowest BCUT2D eigenvalue weighted by atomic mass is 10.0. The summed E-state index contributed by atoms with van der Waals surface area (Å²) < 4.78 is 0. The van der Waals surface area contributed by atoms with Crippen molar-refractivity contribution in [1.29, 1.82) is 0 Å². The Balaban J connectivity index is 2.09. The van der Waals surface area contributed by atoms with Crippen LogP contribution in [0.4, 0.5) is 5.69 Å². The van der Waals surface area contributed by atoms with Crippen molar-refractivity contribution < 1.29 is 9.59 Å². The largest absolute Gasteiger partial charge is 0.353 e. The molecule has 1 aromatic rings. The third-order valence-corrected chi connectivity index (χ3v) is 4.35.